The van der Waals surface area contributed by atoms with Gasteiger partial charge in [0.05, 0.1) is 39.7 Å². The van der Waals surface area contributed by atoms with Gasteiger partial charge in [0.25, 0.3) is 5.56 Å². The van der Waals surface area contributed by atoms with Crippen LogP contribution in [-0.2, 0) is 10.0 Å². The minimum Gasteiger partial charge on any atom is -0.497 e. The second-order valence-corrected chi connectivity index (χ2v) is 11.4. The van der Waals surface area contributed by atoms with Crippen molar-refractivity contribution in [3.05, 3.63) is 118 Å². The van der Waals surface area contributed by atoms with Crippen LogP contribution in [0.2, 0.25) is 5.02 Å². The van der Waals surface area contributed by atoms with E-state index in [1.165, 1.54) is 15.9 Å². The standard InChI is InChI=1S/C30H26ClN3O4S/c1-20(33(2)39(36,37)25-18-12-22(13-19-25)21-8-5-4-6-9-21)29-32-28-26(10-7-11-27(28)31)30(35)34(29)23-14-16-24(38-3)17-15-23/h4-20H,1-3H3. The maximum absolute atomic E-state index is 13.7. The lowest BCUT2D eigenvalue weighted by Crippen LogP contribution is -2.35. The summed E-state index contributed by atoms with van der Waals surface area (Å²) in [4.78, 5) is 18.6. The highest BCUT2D eigenvalue weighted by Crippen LogP contribution is 2.30. The number of nitrogens with zero attached hydrogens (tertiary/aromatic N) is 3. The monoisotopic (exact) mass is 559 g/mol. The zero-order valence-electron chi connectivity index (χ0n) is 21.6. The van der Waals surface area contributed by atoms with E-state index in [0.717, 1.165) is 11.1 Å². The molecular weight excluding hydrogens is 534 g/mol. The average Bonchev–Trinajstić information content (AvgIpc) is 2.97. The van der Waals surface area contributed by atoms with Crippen LogP contribution in [0.4, 0.5) is 0 Å². The number of ether oxygens (including phenoxy) is 1. The highest BCUT2D eigenvalue weighted by molar-refractivity contribution is 7.89. The van der Waals surface area contributed by atoms with Crippen molar-refractivity contribution >= 4 is 32.5 Å². The molecule has 0 fully saturated rings. The molecule has 1 heterocycles. The smallest absolute Gasteiger partial charge is 0.266 e. The van der Waals surface area contributed by atoms with Gasteiger partial charge in [0, 0.05) is 7.05 Å². The fraction of sp³-hybridized carbons (Fsp3) is 0.133. The molecule has 1 atom stereocenters. The van der Waals surface area contributed by atoms with Gasteiger partial charge in [0.2, 0.25) is 10.0 Å². The molecule has 0 aliphatic carbocycles. The first kappa shape index (κ1) is 26.6. The highest BCUT2D eigenvalue weighted by Gasteiger charge is 2.30. The van der Waals surface area contributed by atoms with E-state index in [1.807, 2.05) is 30.3 Å². The first-order valence-corrected chi connectivity index (χ1v) is 14.0. The van der Waals surface area contributed by atoms with Crippen molar-refractivity contribution in [3.8, 4) is 22.6 Å². The molecule has 9 heteroatoms. The molecule has 5 aromatic rings. The van der Waals surface area contributed by atoms with Gasteiger partial charge < -0.3 is 4.74 Å². The van der Waals surface area contributed by atoms with Crippen LogP contribution in [-0.4, -0.2) is 36.4 Å². The second kappa shape index (κ2) is 10.6. The predicted molar refractivity (Wildman–Crippen MR) is 154 cm³/mol. The quantitative estimate of drug-likeness (QED) is 0.241. The lowest BCUT2D eigenvalue weighted by atomic mass is 10.1. The van der Waals surface area contributed by atoms with Crippen LogP contribution in [0, 0.1) is 0 Å². The summed E-state index contributed by atoms with van der Waals surface area (Å²) in [6, 6.07) is 27.5. The second-order valence-electron chi connectivity index (χ2n) is 9.03. The number of para-hydroxylation sites is 1. The molecule has 0 radical (unpaired) electrons. The maximum Gasteiger partial charge on any atom is 0.266 e. The molecule has 1 aromatic heterocycles. The van der Waals surface area contributed by atoms with Gasteiger partial charge in [0.1, 0.15) is 11.6 Å². The van der Waals surface area contributed by atoms with Gasteiger partial charge >= 0.3 is 0 Å². The number of rotatable bonds is 7. The van der Waals surface area contributed by atoms with E-state index >= 15 is 0 Å². The Kier molecular flexibility index (Phi) is 7.27. The molecule has 0 bridgehead atoms. The molecule has 4 aromatic carbocycles. The summed E-state index contributed by atoms with van der Waals surface area (Å²) < 4.78 is 35.3. The molecule has 39 heavy (non-hydrogen) atoms. The average molecular weight is 560 g/mol. The van der Waals surface area contributed by atoms with E-state index in [9.17, 15) is 13.2 Å². The van der Waals surface area contributed by atoms with E-state index in [4.69, 9.17) is 21.3 Å². The summed E-state index contributed by atoms with van der Waals surface area (Å²) in [5.41, 5.74) is 2.38. The summed E-state index contributed by atoms with van der Waals surface area (Å²) in [7, 11) is -0.912. The Morgan fingerprint density at radius 2 is 1.51 bits per heavy atom. The zero-order valence-corrected chi connectivity index (χ0v) is 23.1. The first-order chi connectivity index (χ1) is 18.7. The van der Waals surface area contributed by atoms with Crippen LogP contribution in [0.3, 0.4) is 0 Å². The van der Waals surface area contributed by atoms with Gasteiger partial charge in [-0.25, -0.2) is 13.4 Å². The third kappa shape index (κ3) is 4.94. The fourth-order valence-corrected chi connectivity index (χ4v) is 5.98. The number of aromatic nitrogens is 2. The van der Waals surface area contributed by atoms with Crippen LogP contribution >= 0.6 is 11.6 Å². The lowest BCUT2D eigenvalue weighted by Gasteiger charge is -2.26. The van der Waals surface area contributed by atoms with Gasteiger partial charge in [-0.15, -0.1) is 0 Å². The third-order valence-corrected chi connectivity index (χ3v) is 9.01. The van der Waals surface area contributed by atoms with Gasteiger partial charge in [-0.05, 0) is 66.6 Å². The summed E-state index contributed by atoms with van der Waals surface area (Å²) in [6.45, 7) is 1.69. The Balaban J connectivity index is 1.60. The van der Waals surface area contributed by atoms with Crippen molar-refractivity contribution in [2.45, 2.75) is 17.9 Å². The number of hydrogen-bond acceptors (Lipinski definition) is 5. The van der Waals surface area contributed by atoms with E-state index in [2.05, 4.69) is 0 Å². The first-order valence-electron chi connectivity index (χ1n) is 12.2. The Morgan fingerprint density at radius 3 is 2.15 bits per heavy atom. The number of methoxy groups -OCH3 is 1. The summed E-state index contributed by atoms with van der Waals surface area (Å²) in [6.07, 6.45) is 0. The molecule has 0 spiro atoms. The van der Waals surface area contributed by atoms with E-state index in [0.29, 0.717) is 27.4 Å². The molecule has 7 nitrogen and oxygen atoms in total. The Morgan fingerprint density at radius 1 is 0.872 bits per heavy atom. The van der Waals surface area contributed by atoms with Gasteiger partial charge in [-0.1, -0.05) is 60.1 Å². The summed E-state index contributed by atoms with van der Waals surface area (Å²) in [5, 5.41) is 0.637. The highest BCUT2D eigenvalue weighted by atomic mass is 35.5. The Hall–Kier alpha value is -3.98. The zero-order chi connectivity index (χ0) is 27.7. The van der Waals surface area contributed by atoms with E-state index < -0.39 is 16.1 Å². The Labute approximate surface area is 231 Å². The summed E-state index contributed by atoms with van der Waals surface area (Å²) in [5.74, 6) is 0.856. The maximum atomic E-state index is 13.7. The van der Waals surface area contributed by atoms with Crippen LogP contribution in [0.15, 0.2) is 107 Å². The van der Waals surface area contributed by atoms with E-state index in [1.54, 1.807) is 80.8 Å². The number of sulfonamides is 1. The molecule has 0 aliphatic rings. The predicted octanol–water partition coefficient (Wildman–Crippen LogP) is 6.10. The molecule has 0 aliphatic heterocycles. The van der Waals surface area contributed by atoms with Crippen molar-refractivity contribution in [2.75, 3.05) is 14.2 Å². The number of benzene rings is 4. The molecule has 0 N–H and O–H groups in total. The van der Waals surface area contributed by atoms with Crippen molar-refractivity contribution < 1.29 is 13.2 Å². The number of hydrogen-bond donors (Lipinski definition) is 0. The molecule has 5 rings (SSSR count). The molecule has 1 unspecified atom stereocenters. The van der Waals surface area contributed by atoms with Gasteiger partial charge in [-0.2, -0.15) is 4.31 Å². The molecule has 0 saturated carbocycles. The lowest BCUT2D eigenvalue weighted by molar-refractivity contribution is 0.379. The number of halogens is 1. The molecule has 198 valence electrons. The van der Waals surface area contributed by atoms with Crippen molar-refractivity contribution in [1.82, 2.24) is 13.9 Å². The number of fused-ring (bicyclic) bond motifs is 1. The van der Waals surface area contributed by atoms with Crippen molar-refractivity contribution in [1.29, 1.82) is 0 Å². The molecule has 0 amide bonds. The largest absolute Gasteiger partial charge is 0.497 e. The molecular formula is C30H26ClN3O4S. The van der Waals surface area contributed by atoms with Crippen LogP contribution in [0.5, 0.6) is 5.75 Å². The van der Waals surface area contributed by atoms with Crippen LogP contribution in [0.1, 0.15) is 18.8 Å². The third-order valence-electron chi connectivity index (χ3n) is 6.76. The normalized spacial score (nSPS) is 12.5. The fourth-order valence-electron chi connectivity index (χ4n) is 4.44. The van der Waals surface area contributed by atoms with Crippen molar-refractivity contribution in [2.24, 2.45) is 0 Å². The minimum absolute atomic E-state index is 0.133. The summed E-state index contributed by atoms with van der Waals surface area (Å²) >= 11 is 6.42. The molecule has 0 saturated heterocycles. The van der Waals surface area contributed by atoms with Crippen LogP contribution < -0.4 is 10.3 Å². The Bertz CT molecular complexity index is 1800. The van der Waals surface area contributed by atoms with Crippen LogP contribution in [0.25, 0.3) is 27.7 Å². The van der Waals surface area contributed by atoms with Crippen molar-refractivity contribution in [3.63, 3.8) is 0 Å². The SMILES string of the molecule is COc1ccc(-n2c(C(C)N(C)S(=O)(=O)c3ccc(-c4ccccc4)cc3)nc3c(Cl)cccc3c2=O)cc1. The van der Waals surface area contributed by atoms with Gasteiger partial charge in [-0.3, -0.25) is 9.36 Å². The minimum atomic E-state index is -3.95. The van der Waals surface area contributed by atoms with Gasteiger partial charge in [0.15, 0.2) is 0 Å². The topological polar surface area (TPSA) is 81.5 Å². The van der Waals surface area contributed by atoms with E-state index in [-0.39, 0.29) is 16.3 Å².